The zero-order valence-corrected chi connectivity index (χ0v) is 15.2. The van der Waals surface area contributed by atoms with Crippen LogP contribution >= 0.6 is 11.3 Å². The number of carbonyl (C=O) groups excluding carboxylic acids is 1. The van der Waals surface area contributed by atoms with Gasteiger partial charge in [-0.3, -0.25) is 9.69 Å². The molecule has 0 aromatic carbocycles. The van der Waals surface area contributed by atoms with Crippen LogP contribution in [0.3, 0.4) is 0 Å². The molecule has 26 heavy (non-hydrogen) atoms. The van der Waals surface area contributed by atoms with Crippen LogP contribution in [0.25, 0.3) is 0 Å². The number of thiazole rings is 1. The van der Waals surface area contributed by atoms with Gasteiger partial charge in [-0.2, -0.15) is 9.37 Å². The van der Waals surface area contributed by atoms with Crippen LogP contribution in [0.5, 0.6) is 6.01 Å². The summed E-state index contributed by atoms with van der Waals surface area (Å²) in [5.41, 5.74) is 0. The molecule has 0 bridgehead atoms. The molecule has 1 fully saturated rings. The average molecular weight is 383 g/mol. The maximum Gasteiger partial charge on any atom is 0.316 e. The molecule has 0 saturated carbocycles. The quantitative estimate of drug-likeness (QED) is 0.855. The predicted octanol–water partition coefficient (Wildman–Crippen LogP) is 2.60. The first kappa shape index (κ1) is 18.6. The first-order valence-electron chi connectivity index (χ1n) is 8.21. The SMILES string of the molecule is CC(=O)Nc1nc(F)c(CN2C[C@H](Oc3ncc(F)cn3)CC[C@@H]2C)s1. The molecule has 2 atom stereocenters. The highest BCUT2D eigenvalue weighted by molar-refractivity contribution is 7.15. The summed E-state index contributed by atoms with van der Waals surface area (Å²) >= 11 is 1.12. The monoisotopic (exact) mass is 383 g/mol. The average Bonchev–Trinajstić information content (AvgIpc) is 2.91. The molecule has 1 saturated heterocycles. The third-order valence-corrected chi connectivity index (χ3v) is 5.05. The second kappa shape index (κ2) is 8.00. The van der Waals surface area contributed by atoms with Crippen molar-refractivity contribution in [2.45, 2.75) is 45.4 Å². The van der Waals surface area contributed by atoms with Gasteiger partial charge >= 0.3 is 6.01 Å². The van der Waals surface area contributed by atoms with Crippen LogP contribution in [0.1, 0.15) is 31.6 Å². The zero-order chi connectivity index (χ0) is 18.7. The molecule has 1 amide bonds. The Bertz CT molecular complexity index is 771. The number of hydrogen-bond acceptors (Lipinski definition) is 7. The van der Waals surface area contributed by atoms with Gasteiger partial charge in [-0.1, -0.05) is 11.3 Å². The molecule has 0 unspecified atom stereocenters. The van der Waals surface area contributed by atoms with Crippen LogP contribution in [0.15, 0.2) is 12.4 Å². The van der Waals surface area contributed by atoms with Crippen molar-refractivity contribution in [3.05, 3.63) is 29.0 Å². The lowest BCUT2D eigenvalue weighted by atomic mass is 10.0. The molecule has 10 heteroatoms. The summed E-state index contributed by atoms with van der Waals surface area (Å²) in [4.78, 5) is 25.0. The van der Waals surface area contributed by atoms with E-state index < -0.39 is 11.8 Å². The number of hydrogen-bond donors (Lipinski definition) is 1. The Kier molecular flexibility index (Phi) is 5.72. The molecule has 0 spiro atoms. The number of ether oxygens (including phenoxy) is 1. The number of piperidine rings is 1. The molecular weight excluding hydrogens is 364 g/mol. The fraction of sp³-hybridized carbons (Fsp3) is 0.500. The summed E-state index contributed by atoms with van der Waals surface area (Å²) in [6, 6.07) is 0.373. The Morgan fingerprint density at radius 1 is 1.38 bits per heavy atom. The third kappa shape index (κ3) is 4.70. The Morgan fingerprint density at radius 3 is 2.81 bits per heavy atom. The molecule has 0 radical (unpaired) electrons. The van der Waals surface area contributed by atoms with Crippen molar-refractivity contribution in [1.29, 1.82) is 0 Å². The molecule has 2 aromatic rings. The van der Waals surface area contributed by atoms with E-state index in [9.17, 15) is 13.6 Å². The van der Waals surface area contributed by atoms with E-state index in [2.05, 4.69) is 32.1 Å². The van der Waals surface area contributed by atoms with E-state index in [1.54, 1.807) is 0 Å². The molecule has 3 heterocycles. The number of halogens is 2. The number of aromatic nitrogens is 3. The highest BCUT2D eigenvalue weighted by atomic mass is 32.1. The summed E-state index contributed by atoms with van der Waals surface area (Å²) < 4.78 is 32.7. The van der Waals surface area contributed by atoms with Crippen LogP contribution in [0.4, 0.5) is 13.9 Å². The normalized spacial score (nSPS) is 20.8. The van der Waals surface area contributed by atoms with Gasteiger partial charge in [-0.25, -0.2) is 14.4 Å². The van der Waals surface area contributed by atoms with Gasteiger partial charge in [0, 0.05) is 26.1 Å². The first-order chi connectivity index (χ1) is 12.4. The lowest BCUT2D eigenvalue weighted by molar-refractivity contribution is -0.114. The summed E-state index contributed by atoms with van der Waals surface area (Å²) in [6.45, 7) is 4.35. The maximum atomic E-state index is 14.1. The second-order valence-electron chi connectivity index (χ2n) is 6.19. The fourth-order valence-electron chi connectivity index (χ4n) is 2.79. The van der Waals surface area contributed by atoms with Gasteiger partial charge in [0.05, 0.1) is 17.3 Å². The molecule has 2 aromatic heterocycles. The van der Waals surface area contributed by atoms with Crippen molar-refractivity contribution in [2.24, 2.45) is 0 Å². The minimum absolute atomic E-state index is 0.128. The van der Waals surface area contributed by atoms with Crippen molar-refractivity contribution in [3.63, 3.8) is 0 Å². The van der Waals surface area contributed by atoms with Crippen LogP contribution < -0.4 is 10.1 Å². The summed E-state index contributed by atoms with van der Waals surface area (Å²) in [6.07, 6.45) is 3.62. The van der Waals surface area contributed by atoms with Crippen molar-refractivity contribution in [3.8, 4) is 6.01 Å². The number of nitrogens with one attached hydrogen (secondary N) is 1. The Balaban J connectivity index is 1.64. The first-order valence-corrected chi connectivity index (χ1v) is 9.03. The van der Waals surface area contributed by atoms with E-state index >= 15 is 0 Å². The molecule has 1 aliphatic heterocycles. The number of anilines is 1. The summed E-state index contributed by atoms with van der Waals surface area (Å²) in [5, 5.41) is 2.75. The molecule has 7 nitrogen and oxygen atoms in total. The van der Waals surface area contributed by atoms with E-state index in [0.29, 0.717) is 18.0 Å². The number of likely N-dealkylation sites (tertiary alicyclic amines) is 1. The number of nitrogens with zero attached hydrogens (tertiary/aromatic N) is 4. The molecule has 1 N–H and O–H groups in total. The minimum Gasteiger partial charge on any atom is -0.459 e. The Hall–Kier alpha value is -2.20. The van der Waals surface area contributed by atoms with E-state index in [1.165, 1.54) is 6.92 Å². The van der Waals surface area contributed by atoms with Gasteiger partial charge in [0.15, 0.2) is 10.9 Å². The second-order valence-corrected chi connectivity index (χ2v) is 7.28. The van der Waals surface area contributed by atoms with Crippen LogP contribution in [0.2, 0.25) is 0 Å². The number of carbonyl (C=O) groups is 1. The van der Waals surface area contributed by atoms with Gasteiger partial charge < -0.3 is 10.1 Å². The highest BCUT2D eigenvalue weighted by Crippen LogP contribution is 2.27. The van der Waals surface area contributed by atoms with Gasteiger partial charge in [-0.05, 0) is 19.8 Å². The standard InChI is InChI=1S/C16H19F2N5O2S/c1-9-3-4-12(25-15-19-5-11(17)6-20-15)7-23(9)8-13-14(18)22-16(26-13)21-10(2)24/h5-6,9,12H,3-4,7-8H2,1-2H3,(H,21,22,24)/t9-,12+/m0/s1. The third-order valence-electron chi connectivity index (χ3n) is 4.12. The summed E-state index contributed by atoms with van der Waals surface area (Å²) in [5.74, 6) is -1.38. The topological polar surface area (TPSA) is 80.2 Å². The zero-order valence-electron chi connectivity index (χ0n) is 14.4. The lowest BCUT2D eigenvalue weighted by Gasteiger charge is -2.37. The maximum absolute atomic E-state index is 14.1. The van der Waals surface area contributed by atoms with Gasteiger partial charge in [0.1, 0.15) is 6.10 Å². The van der Waals surface area contributed by atoms with Gasteiger partial charge in [0.2, 0.25) is 11.9 Å². The van der Waals surface area contributed by atoms with Crippen molar-refractivity contribution in [1.82, 2.24) is 19.9 Å². The van der Waals surface area contributed by atoms with Crippen LogP contribution in [0, 0.1) is 11.8 Å². The van der Waals surface area contributed by atoms with Crippen molar-refractivity contribution >= 4 is 22.4 Å². The minimum atomic E-state index is -0.573. The molecule has 3 rings (SSSR count). The van der Waals surface area contributed by atoms with Crippen molar-refractivity contribution < 1.29 is 18.3 Å². The Morgan fingerprint density at radius 2 is 2.12 bits per heavy atom. The summed E-state index contributed by atoms with van der Waals surface area (Å²) in [7, 11) is 0. The number of rotatable bonds is 5. The van der Waals surface area contributed by atoms with Gasteiger partial charge in [0.25, 0.3) is 0 Å². The molecule has 140 valence electrons. The lowest BCUT2D eigenvalue weighted by Crippen LogP contribution is -2.45. The number of amides is 1. The van der Waals surface area contributed by atoms with E-state index in [0.717, 1.165) is 36.6 Å². The molecule has 1 aliphatic rings. The largest absolute Gasteiger partial charge is 0.459 e. The fourth-order valence-corrected chi connectivity index (χ4v) is 3.70. The van der Waals surface area contributed by atoms with Crippen LogP contribution in [-0.2, 0) is 11.3 Å². The molecular formula is C16H19F2N5O2S. The van der Waals surface area contributed by atoms with E-state index in [4.69, 9.17) is 4.74 Å². The van der Waals surface area contributed by atoms with E-state index in [-0.39, 0.29) is 29.2 Å². The predicted molar refractivity (Wildman–Crippen MR) is 91.9 cm³/mol. The van der Waals surface area contributed by atoms with E-state index in [1.807, 2.05) is 0 Å². The van der Waals surface area contributed by atoms with Gasteiger partial charge in [-0.15, -0.1) is 0 Å². The Labute approximate surface area is 153 Å². The smallest absolute Gasteiger partial charge is 0.316 e. The van der Waals surface area contributed by atoms with Crippen molar-refractivity contribution in [2.75, 3.05) is 11.9 Å². The highest BCUT2D eigenvalue weighted by Gasteiger charge is 2.28. The van der Waals surface area contributed by atoms with Crippen LogP contribution in [-0.4, -0.2) is 44.4 Å². The molecule has 0 aliphatic carbocycles.